The summed E-state index contributed by atoms with van der Waals surface area (Å²) in [6.45, 7) is 2.03. The van der Waals surface area contributed by atoms with Crippen molar-refractivity contribution in [3.8, 4) is 0 Å². The Morgan fingerprint density at radius 3 is 2.59 bits per heavy atom. The summed E-state index contributed by atoms with van der Waals surface area (Å²) in [4.78, 5) is 1.19. The lowest BCUT2D eigenvalue weighted by Crippen LogP contribution is -2.00. The Kier molecular flexibility index (Phi) is 4.42. The van der Waals surface area contributed by atoms with Gasteiger partial charge in [0.1, 0.15) is 0 Å². The molecule has 0 aliphatic carbocycles. The summed E-state index contributed by atoms with van der Waals surface area (Å²) in [5.74, 6) is 0. The normalized spacial score (nSPS) is 12.7. The van der Waals surface area contributed by atoms with Crippen LogP contribution in [-0.2, 0) is 6.42 Å². The molecule has 90 valence electrons. The van der Waals surface area contributed by atoms with Gasteiger partial charge in [0.25, 0.3) is 0 Å². The molecule has 0 saturated heterocycles. The summed E-state index contributed by atoms with van der Waals surface area (Å²) in [6, 6.07) is 10.0. The minimum atomic E-state index is -0.438. The number of aryl methyl sites for hydroxylation is 1. The largest absolute Gasteiger partial charge is 0.388 e. The highest BCUT2D eigenvalue weighted by Gasteiger charge is 2.11. The summed E-state index contributed by atoms with van der Waals surface area (Å²) in [6.07, 6.45) is 0.226. The van der Waals surface area contributed by atoms with Gasteiger partial charge in [-0.3, -0.25) is 0 Å². The maximum absolute atomic E-state index is 10.2. The van der Waals surface area contributed by atoms with E-state index in [0.29, 0.717) is 6.42 Å². The van der Waals surface area contributed by atoms with Crippen molar-refractivity contribution in [2.75, 3.05) is 0 Å². The van der Waals surface area contributed by atoms with Crippen LogP contribution in [0.1, 0.15) is 22.1 Å². The monoisotopic (exact) mass is 374 g/mol. The maximum atomic E-state index is 10.2. The molecular weight excluding hydrogens is 364 g/mol. The number of hydrogen-bond donors (Lipinski definition) is 1. The maximum Gasteiger partial charge on any atom is 0.0838 e. The van der Waals surface area contributed by atoms with Gasteiger partial charge in [-0.15, -0.1) is 11.3 Å². The molecule has 1 nitrogen and oxygen atoms in total. The molecule has 1 unspecified atom stereocenters. The van der Waals surface area contributed by atoms with Crippen LogP contribution >= 0.6 is 43.2 Å². The molecule has 0 spiro atoms. The van der Waals surface area contributed by atoms with E-state index in [1.54, 1.807) is 11.3 Å². The molecule has 1 N–H and O–H groups in total. The topological polar surface area (TPSA) is 20.2 Å². The summed E-state index contributed by atoms with van der Waals surface area (Å²) in [5.41, 5.74) is 2.11. The molecule has 0 amide bonds. The predicted molar refractivity (Wildman–Crippen MR) is 79.6 cm³/mol. The van der Waals surface area contributed by atoms with Crippen LogP contribution in [0, 0.1) is 6.92 Å². The van der Waals surface area contributed by atoms with Gasteiger partial charge in [0.2, 0.25) is 0 Å². The van der Waals surface area contributed by atoms with Crippen LogP contribution in [-0.4, -0.2) is 5.11 Å². The number of rotatable bonds is 3. The van der Waals surface area contributed by atoms with Crippen LogP contribution in [0.2, 0.25) is 0 Å². The van der Waals surface area contributed by atoms with E-state index in [2.05, 4.69) is 31.9 Å². The molecule has 4 heteroatoms. The molecule has 0 saturated carbocycles. The zero-order valence-corrected chi connectivity index (χ0v) is 13.3. The van der Waals surface area contributed by atoms with Crippen molar-refractivity contribution in [2.45, 2.75) is 19.4 Å². The Balaban J connectivity index is 2.14. The number of aliphatic hydroxyl groups is 1. The second kappa shape index (κ2) is 5.65. The Bertz CT molecular complexity index is 522. The van der Waals surface area contributed by atoms with Gasteiger partial charge in [-0.05, 0) is 52.2 Å². The molecule has 2 aromatic rings. The van der Waals surface area contributed by atoms with E-state index in [1.165, 1.54) is 4.88 Å². The molecule has 0 radical (unpaired) electrons. The highest BCUT2D eigenvalue weighted by Crippen LogP contribution is 2.28. The first-order valence-corrected chi connectivity index (χ1v) is 7.65. The Hall–Kier alpha value is -0.160. The molecule has 2 rings (SSSR count). The van der Waals surface area contributed by atoms with Crippen molar-refractivity contribution < 1.29 is 5.11 Å². The molecule has 1 aromatic heterocycles. The van der Waals surface area contributed by atoms with Gasteiger partial charge in [-0.2, -0.15) is 0 Å². The third-order valence-corrected chi connectivity index (χ3v) is 5.13. The minimum Gasteiger partial charge on any atom is -0.388 e. The average molecular weight is 376 g/mol. The lowest BCUT2D eigenvalue weighted by Gasteiger charge is -2.11. The summed E-state index contributed by atoms with van der Waals surface area (Å²) in [5, 5.41) is 10.2. The summed E-state index contributed by atoms with van der Waals surface area (Å²) < 4.78 is 2.18. The van der Waals surface area contributed by atoms with Crippen molar-refractivity contribution in [2.24, 2.45) is 0 Å². The predicted octanol–water partition coefficient (Wildman–Crippen LogP) is 4.86. The highest BCUT2D eigenvalue weighted by atomic mass is 79.9. The van der Waals surface area contributed by atoms with Crippen LogP contribution in [0.5, 0.6) is 0 Å². The van der Waals surface area contributed by atoms with E-state index in [1.807, 2.05) is 37.3 Å². The number of hydrogen-bond acceptors (Lipinski definition) is 2. The first-order chi connectivity index (χ1) is 8.06. The van der Waals surface area contributed by atoms with Gasteiger partial charge in [0.05, 0.1) is 9.89 Å². The van der Waals surface area contributed by atoms with Crippen molar-refractivity contribution in [3.05, 3.63) is 54.6 Å². The third-order valence-electron chi connectivity index (χ3n) is 2.59. The number of halogens is 2. The lowest BCUT2D eigenvalue weighted by molar-refractivity contribution is 0.179. The Morgan fingerprint density at radius 2 is 2.00 bits per heavy atom. The molecule has 0 fully saturated rings. The van der Waals surface area contributed by atoms with E-state index in [4.69, 9.17) is 0 Å². The van der Waals surface area contributed by atoms with Gasteiger partial charge in [0.15, 0.2) is 0 Å². The van der Waals surface area contributed by atoms with E-state index < -0.39 is 6.10 Å². The zero-order chi connectivity index (χ0) is 12.4. The minimum absolute atomic E-state index is 0.438. The van der Waals surface area contributed by atoms with Crippen molar-refractivity contribution in [1.82, 2.24) is 0 Å². The van der Waals surface area contributed by atoms with Crippen molar-refractivity contribution in [3.63, 3.8) is 0 Å². The Labute approximate surface area is 122 Å². The van der Waals surface area contributed by atoms with Crippen LogP contribution < -0.4 is 0 Å². The first-order valence-electron chi connectivity index (χ1n) is 5.24. The van der Waals surface area contributed by atoms with Gasteiger partial charge in [-0.25, -0.2) is 0 Å². The Morgan fingerprint density at radius 1 is 1.24 bits per heavy atom. The molecule has 1 atom stereocenters. The fourth-order valence-corrected chi connectivity index (χ4v) is 3.41. The smallest absolute Gasteiger partial charge is 0.0838 e. The van der Waals surface area contributed by atoms with Crippen LogP contribution in [0.4, 0.5) is 0 Å². The van der Waals surface area contributed by atoms with Crippen LogP contribution in [0.25, 0.3) is 0 Å². The third kappa shape index (κ3) is 3.41. The molecule has 17 heavy (non-hydrogen) atoms. The fraction of sp³-hybridized carbons (Fsp3) is 0.231. The fourth-order valence-electron chi connectivity index (χ4n) is 1.65. The molecule has 0 aliphatic heterocycles. The van der Waals surface area contributed by atoms with Crippen molar-refractivity contribution >= 4 is 43.2 Å². The second-order valence-corrected chi connectivity index (χ2v) is 7.34. The lowest BCUT2D eigenvalue weighted by atomic mass is 10.0. The molecular formula is C13H12Br2OS. The van der Waals surface area contributed by atoms with E-state index in [-0.39, 0.29) is 0 Å². The zero-order valence-electron chi connectivity index (χ0n) is 9.28. The average Bonchev–Trinajstić information content (AvgIpc) is 2.68. The number of benzene rings is 1. The van der Waals surface area contributed by atoms with Crippen molar-refractivity contribution in [1.29, 1.82) is 0 Å². The summed E-state index contributed by atoms with van der Waals surface area (Å²) >= 11 is 8.56. The van der Waals surface area contributed by atoms with Gasteiger partial charge in [0, 0.05) is 15.8 Å². The van der Waals surface area contributed by atoms with Crippen LogP contribution in [0.15, 0.2) is 38.6 Å². The van der Waals surface area contributed by atoms with Crippen LogP contribution in [0.3, 0.4) is 0 Å². The quantitative estimate of drug-likeness (QED) is 0.812. The van der Waals surface area contributed by atoms with E-state index >= 15 is 0 Å². The van der Waals surface area contributed by atoms with Gasteiger partial charge in [-0.1, -0.05) is 28.1 Å². The van der Waals surface area contributed by atoms with Gasteiger partial charge < -0.3 is 5.11 Å². The van der Waals surface area contributed by atoms with Gasteiger partial charge >= 0.3 is 0 Å². The molecule has 1 aromatic carbocycles. The first kappa shape index (κ1) is 13.3. The summed E-state index contributed by atoms with van der Waals surface area (Å²) in [7, 11) is 0. The SMILES string of the molecule is Cc1cc(C(O)Cc2ccc(Br)s2)ccc1Br. The number of thiophene rings is 1. The van der Waals surface area contributed by atoms with E-state index in [9.17, 15) is 5.11 Å². The molecule has 0 bridgehead atoms. The van der Waals surface area contributed by atoms with E-state index in [0.717, 1.165) is 19.4 Å². The highest BCUT2D eigenvalue weighted by molar-refractivity contribution is 9.11. The number of aliphatic hydroxyl groups excluding tert-OH is 1. The molecule has 0 aliphatic rings. The molecule has 1 heterocycles. The standard InChI is InChI=1S/C13H12Br2OS/c1-8-6-9(2-4-11(8)14)12(16)7-10-3-5-13(15)17-10/h2-6,12,16H,7H2,1H3. The second-order valence-electron chi connectivity index (χ2n) is 3.93.